The van der Waals surface area contributed by atoms with Crippen LogP contribution >= 0.6 is 11.3 Å². The van der Waals surface area contributed by atoms with E-state index >= 15 is 0 Å². The minimum absolute atomic E-state index is 0.0145. The lowest BCUT2D eigenvalue weighted by atomic mass is 10.1. The standard InChI is InChI=1S/C15H18N2O3S/c1-3-9(2)6-14(18)17-15-16-10-7-11-12(8-13(10)21-15)20-5-4-19-11/h7-9H,3-6H2,1-2H3,(H,16,17,18). The Labute approximate surface area is 127 Å². The third-order valence-corrected chi connectivity index (χ3v) is 4.46. The third kappa shape index (κ3) is 3.10. The van der Waals surface area contributed by atoms with Crippen molar-refractivity contribution in [3.63, 3.8) is 0 Å². The smallest absolute Gasteiger partial charge is 0.226 e. The van der Waals surface area contributed by atoms with Gasteiger partial charge in [-0.1, -0.05) is 31.6 Å². The number of hydrogen-bond acceptors (Lipinski definition) is 5. The first-order valence-electron chi connectivity index (χ1n) is 7.15. The number of carbonyl (C=O) groups is 1. The number of aromatic nitrogens is 1. The first-order valence-corrected chi connectivity index (χ1v) is 7.97. The van der Waals surface area contributed by atoms with E-state index in [9.17, 15) is 4.79 Å². The summed E-state index contributed by atoms with van der Waals surface area (Å²) >= 11 is 1.45. The zero-order valence-corrected chi connectivity index (χ0v) is 13.0. The molecule has 1 aromatic heterocycles. The highest BCUT2D eigenvalue weighted by atomic mass is 32.1. The number of fused-ring (bicyclic) bond motifs is 2. The lowest BCUT2D eigenvalue weighted by Gasteiger charge is -2.17. The molecule has 1 aliphatic heterocycles. The maximum Gasteiger partial charge on any atom is 0.226 e. The molecule has 0 saturated carbocycles. The normalized spacial score (nSPS) is 15.0. The van der Waals surface area contributed by atoms with E-state index in [0.29, 0.717) is 30.7 Å². The van der Waals surface area contributed by atoms with Crippen LogP contribution in [-0.4, -0.2) is 24.1 Å². The summed E-state index contributed by atoms with van der Waals surface area (Å²) in [6.45, 7) is 5.28. The molecule has 1 aromatic carbocycles. The molecule has 0 fully saturated rings. The molecule has 1 unspecified atom stereocenters. The van der Waals surface area contributed by atoms with E-state index in [-0.39, 0.29) is 5.91 Å². The molecular formula is C15H18N2O3S. The second-order valence-corrected chi connectivity index (χ2v) is 6.28. The molecule has 3 rings (SSSR count). The van der Waals surface area contributed by atoms with E-state index in [1.807, 2.05) is 12.1 Å². The average Bonchev–Trinajstić information content (AvgIpc) is 2.85. The monoisotopic (exact) mass is 306 g/mol. The van der Waals surface area contributed by atoms with Gasteiger partial charge in [0.1, 0.15) is 13.2 Å². The zero-order valence-electron chi connectivity index (χ0n) is 12.1. The van der Waals surface area contributed by atoms with Crippen LogP contribution in [0.1, 0.15) is 26.7 Å². The van der Waals surface area contributed by atoms with Crippen LogP contribution in [0.2, 0.25) is 0 Å². The quantitative estimate of drug-likeness (QED) is 0.940. The Hall–Kier alpha value is -1.82. The van der Waals surface area contributed by atoms with E-state index in [4.69, 9.17) is 9.47 Å². The van der Waals surface area contributed by atoms with Crippen molar-refractivity contribution in [1.82, 2.24) is 4.98 Å². The van der Waals surface area contributed by atoms with Crippen LogP contribution in [0.3, 0.4) is 0 Å². The maximum atomic E-state index is 11.9. The summed E-state index contributed by atoms with van der Waals surface area (Å²) in [5.41, 5.74) is 0.822. The van der Waals surface area contributed by atoms with Crippen LogP contribution in [0.25, 0.3) is 10.2 Å². The van der Waals surface area contributed by atoms with Crippen LogP contribution in [0.15, 0.2) is 12.1 Å². The Kier molecular flexibility index (Phi) is 3.96. The summed E-state index contributed by atoms with van der Waals surface area (Å²) in [5.74, 6) is 1.86. The van der Waals surface area contributed by atoms with Gasteiger partial charge in [0.15, 0.2) is 16.6 Å². The van der Waals surface area contributed by atoms with Gasteiger partial charge >= 0.3 is 0 Å². The molecule has 2 aromatic rings. The second kappa shape index (κ2) is 5.89. The van der Waals surface area contributed by atoms with Gasteiger partial charge in [-0.3, -0.25) is 4.79 Å². The van der Waals surface area contributed by atoms with Crippen molar-refractivity contribution < 1.29 is 14.3 Å². The molecule has 2 heterocycles. The zero-order chi connectivity index (χ0) is 14.8. The minimum Gasteiger partial charge on any atom is -0.486 e. The van der Waals surface area contributed by atoms with E-state index in [1.54, 1.807) is 0 Å². The maximum absolute atomic E-state index is 11.9. The lowest BCUT2D eigenvalue weighted by Crippen LogP contribution is -2.15. The Morgan fingerprint density at radius 2 is 2.10 bits per heavy atom. The van der Waals surface area contributed by atoms with Crippen molar-refractivity contribution in [3.8, 4) is 11.5 Å². The number of anilines is 1. The molecule has 0 spiro atoms. The molecule has 1 N–H and O–H groups in total. The molecule has 1 aliphatic rings. The van der Waals surface area contributed by atoms with Crippen LogP contribution in [0.5, 0.6) is 11.5 Å². The molecule has 5 nitrogen and oxygen atoms in total. The topological polar surface area (TPSA) is 60.5 Å². The van der Waals surface area contributed by atoms with Crippen LogP contribution < -0.4 is 14.8 Å². The number of benzene rings is 1. The molecule has 0 bridgehead atoms. The molecule has 1 atom stereocenters. The summed E-state index contributed by atoms with van der Waals surface area (Å²) in [6.07, 6.45) is 1.52. The number of nitrogens with zero attached hydrogens (tertiary/aromatic N) is 1. The van der Waals surface area contributed by atoms with Crippen LogP contribution in [-0.2, 0) is 4.79 Å². The first kappa shape index (κ1) is 14.1. The molecule has 112 valence electrons. The predicted octanol–water partition coefficient (Wildman–Crippen LogP) is 3.44. The summed E-state index contributed by atoms with van der Waals surface area (Å²) < 4.78 is 12.1. The van der Waals surface area contributed by atoms with Gasteiger partial charge in [0, 0.05) is 18.6 Å². The van der Waals surface area contributed by atoms with Gasteiger partial charge in [-0.15, -0.1) is 0 Å². The van der Waals surface area contributed by atoms with Crippen LogP contribution in [0.4, 0.5) is 5.13 Å². The minimum atomic E-state index is 0.0145. The molecule has 6 heteroatoms. The van der Waals surface area contributed by atoms with Gasteiger partial charge in [0.25, 0.3) is 0 Å². The summed E-state index contributed by atoms with van der Waals surface area (Å²) in [5, 5.41) is 3.50. The van der Waals surface area contributed by atoms with Gasteiger partial charge in [0.2, 0.25) is 5.91 Å². The average molecular weight is 306 g/mol. The van der Waals surface area contributed by atoms with Gasteiger partial charge in [-0.2, -0.15) is 0 Å². The fourth-order valence-electron chi connectivity index (χ4n) is 2.15. The van der Waals surface area contributed by atoms with Crippen LogP contribution in [0, 0.1) is 5.92 Å². The van der Waals surface area contributed by atoms with Gasteiger partial charge < -0.3 is 14.8 Å². The van der Waals surface area contributed by atoms with Gasteiger partial charge in [-0.25, -0.2) is 4.98 Å². The number of carbonyl (C=O) groups excluding carboxylic acids is 1. The van der Waals surface area contributed by atoms with Crippen molar-refractivity contribution in [2.45, 2.75) is 26.7 Å². The van der Waals surface area contributed by atoms with E-state index < -0.39 is 0 Å². The number of ether oxygens (including phenoxy) is 2. The number of nitrogens with one attached hydrogen (secondary N) is 1. The fraction of sp³-hybridized carbons (Fsp3) is 0.467. The number of hydrogen-bond donors (Lipinski definition) is 1. The number of thiazole rings is 1. The van der Waals surface area contributed by atoms with E-state index in [0.717, 1.165) is 28.1 Å². The molecule has 0 radical (unpaired) electrons. The molecular weight excluding hydrogens is 288 g/mol. The van der Waals surface area contributed by atoms with Gasteiger partial charge in [0.05, 0.1) is 10.2 Å². The molecule has 0 aliphatic carbocycles. The highest BCUT2D eigenvalue weighted by Crippen LogP contribution is 2.37. The third-order valence-electron chi connectivity index (χ3n) is 3.53. The Bertz CT molecular complexity index is 625. The SMILES string of the molecule is CCC(C)CC(=O)Nc1nc2cc3c(cc2s1)OCCO3. The molecule has 0 saturated heterocycles. The largest absolute Gasteiger partial charge is 0.486 e. The van der Waals surface area contributed by atoms with Crippen molar-refractivity contribution in [1.29, 1.82) is 0 Å². The molecule has 21 heavy (non-hydrogen) atoms. The second-order valence-electron chi connectivity index (χ2n) is 5.25. The Morgan fingerprint density at radius 1 is 1.38 bits per heavy atom. The summed E-state index contributed by atoms with van der Waals surface area (Å²) in [4.78, 5) is 16.4. The summed E-state index contributed by atoms with van der Waals surface area (Å²) in [7, 11) is 0. The van der Waals surface area contributed by atoms with Crippen molar-refractivity contribution in [2.75, 3.05) is 18.5 Å². The summed E-state index contributed by atoms with van der Waals surface area (Å²) in [6, 6.07) is 3.79. The lowest BCUT2D eigenvalue weighted by molar-refractivity contribution is -0.117. The Balaban J connectivity index is 1.79. The van der Waals surface area contributed by atoms with E-state index in [2.05, 4.69) is 24.1 Å². The first-order chi connectivity index (χ1) is 10.2. The highest BCUT2D eigenvalue weighted by Gasteiger charge is 2.16. The predicted molar refractivity (Wildman–Crippen MR) is 83.3 cm³/mol. The fourth-order valence-corrected chi connectivity index (χ4v) is 3.04. The van der Waals surface area contributed by atoms with Crippen molar-refractivity contribution in [3.05, 3.63) is 12.1 Å². The van der Waals surface area contributed by atoms with Crippen molar-refractivity contribution in [2.24, 2.45) is 5.92 Å². The van der Waals surface area contributed by atoms with Gasteiger partial charge in [-0.05, 0) is 5.92 Å². The van der Waals surface area contributed by atoms with E-state index in [1.165, 1.54) is 11.3 Å². The van der Waals surface area contributed by atoms with Crippen molar-refractivity contribution >= 4 is 32.6 Å². The number of amides is 1. The highest BCUT2D eigenvalue weighted by molar-refractivity contribution is 7.22. The Morgan fingerprint density at radius 3 is 2.81 bits per heavy atom. The molecule has 1 amide bonds. The number of rotatable bonds is 4.